The van der Waals surface area contributed by atoms with Gasteiger partial charge in [-0.05, 0) is 47.6 Å². The molecule has 0 aliphatic carbocycles. The Hall–Kier alpha value is -3.29. The van der Waals surface area contributed by atoms with Crippen LogP contribution in [-0.4, -0.2) is 34.3 Å². The first-order chi connectivity index (χ1) is 14.8. The molecular weight excluding hydrogens is 401 g/mol. The van der Waals surface area contributed by atoms with Gasteiger partial charge in [0.25, 0.3) is 0 Å². The lowest BCUT2D eigenvalue weighted by molar-refractivity contribution is -0.131. The van der Waals surface area contributed by atoms with Gasteiger partial charge in [-0.1, -0.05) is 19.9 Å². The predicted octanol–water partition coefficient (Wildman–Crippen LogP) is 3.70. The Balaban J connectivity index is 1.40. The molecule has 3 heterocycles. The van der Waals surface area contributed by atoms with E-state index < -0.39 is 6.09 Å². The first-order valence-electron chi connectivity index (χ1n) is 10.4. The number of aromatic nitrogens is 1. The highest BCUT2D eigenvalue weighted by atomic mass is 19.1. The SMILES string of the molecule is CC(C)C1CC(=O)N(c2ccc(OC(=O)N3CCc4ccc(F)cc4C3)nc2)C(=O)C1. The number of hydrogen-bond donors (Lipinski definition) is 0. The molecule has 31 heavy (non-hydrogen) atoms. The van der Waals surface area contributed by atoms with Crippen LogP contribution < -0.4 is 9.64 Å². The highest BCUT2D eigenvalue weighted by Crippen LogP contribution is 2.30. The van der Waals surface area contributed by atoms with Crippen molar-refractivity contribution in [2.45, 2.75) is 39.7 Å². The summed E-state index contributed by atoms with van der Waals surface area (Å²) in [4.78, 5) is 44.2. The number of pyridine rings is 1. The number of amides is 3. The number of hydrogen-bond acceptors (Lipinski definition) is 5. The first kappa shape index (κ1) is 21.0. The standard InChI is InChI=1S/C23H24FN3O4/c1-14(2)16-10-21(28)27(22(29)11-16)19-5-6-20(25-12-19)31-23(30)26-8-7-15-3-4-18(24)9-17(15)13-26/h3-6,9,12,14,16H,7-8,10-11,13H2,1-2H3. The van der Waals surface area contributed by atoms with Crippen molar-refractivity contribution >= 4 is 23.6 Å². The number of rotatable bonds is 3. The Bertz CT molecular complexity index is 1000. The van der Waals surface area contributed by atoms with Gasteiger partial charge in [0, 0.05) is 32.0 Å². The van der Waals surface area contributed by atoms with E-state index in [4.69, 9.17) is 4.74 Å². The molecule has 0 spiro atoms. The molecule has 7 nitrogen and oxygen atoms in total. The second-order valence-corrected chi connectivity index (χ2v) is 8.34. The lowest BCUT2D eigenvalue weighted by Gasteiger charge is -2.31. The molecule has 0 unspecified atom stereocenters. The van der Waals surface area contributed by atoms with E-state index in [0.717, 1.165) is 16.0 Å². The van der Waals surface area contributed by atoms with Crippen LogP contribution in [0.1, 0.15) is 37.8 Å². The van der Waals surface area contributed by atoms with Gasteiger partial charge in [0.1, 0.15) is 5.82 Å². The molecule has 3 amide bonds. The van der Waals surface area contributed by atoms with Crippen molar-refractivity contribution in [1.29, 1.82) is 0 Å². The summed E-state index contributed by atoms with van der Waals surface area (Å²) in [5.74, 6) is -0.467. The van der Waals surface area contributed by atoms with E-state index >= 15 is 0 Å². The Morgan fingerprint density at radius 1 is 1.13 bits per heavy atom. The highest BCUT2D eigenvalue weighted by Gasteiger charge is 2.35. The molecule has 1 saturated heterocycles. The van der Waals surface area contributed by atoms with Crippen molar-refractivity contribution in [2.75, 3.05) is 11.4 Å². The molecule has 162 valence electrons. The van der Waals surface area contributed by atoms with Crippen LogP contribution in [0.25, 0.3) is 0 Å². The molecule has 2 aromatic rings. The van der Waals surface area contributed by atoms with Crippen molar-refractivity contribution in [3.63, 3.8) is 0 Å². The fraction of sp³-hybridized carbons (Fsp3) is 0.391. The third kappa shape index (κ3) is 4.42. The summed E-state index contributed by atoms with van der Waals surface area (Å²) in [6.45, 7) is 4.73. The minimum atomic E-state index is -0.583. The van der Waals surface area contributed by atoms with Gasteiger partial charge in [-0.25, -0.2) is 19.1 Å². The van der Waals surface area contributed by atoms with Crippen LogP contribution in [0.3, 0.4) is 0 Å². The van der Waals surface area contributed by atoms with Gasteiger partial charge in [0.15, 0.2) is 0 Å². The van der Waals surface area contributed by atoms with Crippen molar-refractivity contribution in [2.24, 2.45) is 11.8 Å². The van der Waals surface area contributed by atoms with Gasteiger partial charge < -0.3 is 9.64 Å². The van der Waals surface area contributed by atoms with Crippen molar-refractivity contribution < 1.29 is 23.5 Å². The maximum atomic E-state index is 13.5. The quantitative estimate of drug-likeness (QED) is 0.701. The fourth-order valence-electron chi connectivity index (χ4n) is 4.00. The van der Waals surface area contributed by atoms with E-state index in [2.05, 4.69) is 4.98 Å². The summed E-state index contributed by atoms with van der Waals surface area (Å²) in [5.41, 5.74) is 2.14. The largest absolute Gasteiger partial charge is 0.416 e. The van der Waals surface area contributed by atoms with Gasteiger partial charge in [-0.15, -0.1) is 0 Å². The number of piperidine rings is 1. The van der Waals surface area contributed by atoms with E-state index in [1.807, 2.05) is 13.8 Å². The van der Waals surface area contributed by atoms with Crippen LogP contribution in [0, 0.1) is 17.7 Å². The summed E-state index contributed by atoms with van der Waals surface area (Å²) < 4.78 is 18.8. The summed E-state index contributed by atoms with van der Waals surface area (Å²) in [7, 11) is 0. The normalized spacial score (nSPS) is 17.2. The van der Waals surface area contributed by atoms with Gasteiger partial charge in [0.05, 0.1) is 11.9 Å². The topological polar surface area (TPSA) is 79.8 Å². The third-order valence-corrected chi connectivity index (χ3v) is 5.92. The number of nitrogens with zero attached hydrogens (tertiary/aromatic N) is 3. The van der Waals surface area contributed by atoms with Crippen LogP contribution in [0.2, 0.25) is 0 Å². The smallest absolute Gasteiger partial charge is 0.391 e. The van der Waals surface area contributed by atoms with Crippen LogP contribution >= 0.6 is 0 Å². The lowest BCUT2D eigenvalue weighted by atomic mass is 9.86. The minimum Gasteiger partial charge on any atom is -0.391 e. The van der Waals surface area contributed by atoms with E-state index in [0.29, 0.717) is 31.5 Å². The molecule has 0 atom stereocenters. The average molecular weight is 425 g/mol. The molecular formula is C23H24FN3O4. The average Bonchev–Trinajstić information content (AvgIpc) is 2.73. The maximum Gasteiger partial charge on any atom is 0.416 e. The molecule has 1 fully saturated rings. The Labute approximate surface area is 179 Å². The molecule has 0 saturated carbocycles. The van der Waals surface area contributed by atoms with Crippen LogP contribution in [-0.2, 0) is 22.6 Å². The van der Waals surface area contributed by atoms with Crippen molar-refractivity contribution in [3.05, 3.63) is 53.5 Å². The zero-order chi connectivity index (χ0) is 22.1. The molecule has 0 bridgehead atoms. The molecule has 4 rings (SSSR count). The van der Waals surface area contributed by atoms with Crippen LogP contribution in [0.4, 0.5) is 14.9 Å². The molecule has 2 aliphatic heterocycles. The van der Waals surface area contributed by atoms with Crippen molar-refractivity contribution in [1.82, 2.24) is 9.88 Å². The zero-order valence-corrected chi connectivity index (χ0v) is 17.5. The summed E-state index contributed by atoms with van der Waals surface area (Å²) in [6, 6.07) is 7.58. The molecule has 2 aliphatic rings. The van der Waals surface area contributed by atoms with Gasteiger partial charge in [-0.3, -0.25) is 9.59 Å². The Morgan fingerprint density at radius 3 is 2.52 bits per heavy atom. The summed E-state index contributed by atoms with van der Waals surface area (Å²) in [5, 5.41) is 0. The monoisotopic (exact) mass is 425 g/mol. The number of ether oxygens (including phenoxy) is 1. The van der Waals surface area contributed by atoms with E-state index in [1.54, 1.807) is 12.1 Å². The number of halogens is 1. The number of anilines is 1. The van der Waals surface area contributed by atoms with Gasteiger partial charge in [-0.2, -0.15) is 0 Å². The number of fused-ring (bicyclic) bond motifs is 1. The maximum absolute atomic E-state index is 13.5. The molecule has 8 heteroatoms. The fourth-order valence-corrected chi connectivity index (χ4v) is 4.00. The van der Waals surface area contributed by atoms with E-state index in [1.165, 1.54) is 29.3 Å². The second-order valence-electron chi connectivity index (χ2n) is 8.34. The molecule has 1 aromatic carbocycles. The summed E-state index contributed by atoms with van der Waals surface area (Å²) >= 11 is 0. The third-order valence-electron chi connectivity index (χ3n) is 5.92. The van der Waals surface area contributed by atoms with E-state index in [-0.39, 0.29) is 41.9 Å². The van der Waals surface area contributed by atoms with Gasteiger partial charge in [0.2, 0.25) is 17.7 Å². The first-order valence-corrected chi connectivity index (χ1v) is 10.4. The van der Waals surface area contributed by atoms with Crippen LogP contribution in [0.15, 0.2) is 36.5 Å². The van der Waals surface area contributed by atoms with Crippen molar-refractivity contribution in [3.8, 4) is 5.88 Å². The summed E-state index contributed by atoms with van der Waals surface area (Å²) in [6.07, 6.45) is 2.02. The van der Waals surface area contributed by atoms with Crippen LogP contribution in [0.5, 0.6) is 5.88 Å². The number of imide groups is 1. The number of carbonyl (C=O) groups is 3. The molecule has 0 N–H and O–H groups in total. The zero-order valence-electron chi connectivity index (χ0n) is 17.5. The highest BCUT2D eigenvalue weighted by molar-refractivity contribution is 6.16. The Morgan fingerprint density at radius 2 is 1.87 bits per heavy atom. The molecule has 0 radical (unpaired) electrons. The predicted molar refractivity (Wildman–Crippen MR) is 111 cm³/mol. The Kier molecular flexibility index (Phi) is 5.71. The second kappa shape index (κ2) is 8.45. The van der Waals surface area contributed by atoms with Gasteiger partial charge >= 0.3 is 6.09 Å². The van der Waals surface area contributed by atoms with E-state index in [9.17, 15) is 18.8 Å². The lowest BCUT2D eigenvalue weighted by Crippen LogP contribution is -2.44. The number of benzene rings is 1. The minimum absolute atomic E-state index is 0.0487. The number of carbonyl (C=O) groups excluding carboxylic acids is 3. The molecule has 1 aromatic heterocycles.